The molecule has 2 aliphatic carbocycles. The molecule has 4 heteroatoms. The van der Waals surface area contributed by atoms with Crippen molar-refractivity contribution in [2.24, 2.45) is 21.1 Å². The van der Waals surface area contributed by atoms with Crippen LogP contribution in [0.25, 0.3) is 0 Å². The molecule has 0 saturated heterocycles. The average molecular weight is 297 g/mol. The summed E-state index contributed by atoms with van der Waals surface area (Å²) in [5.41, 5.74) is 9.22. The van der Waals surface area contributed by atoms with Gasteiger partial charge in [-0.15, -0.1) is 0 Å². The minimum Gasteiger partial charge on any atom is -0.382 e. The standard InChI is InChI=1S/C18H23N3O/c1-12-16(19)21-18(20-12)15-6-4-3-5-13(15)11-17(18)9-7-14(22-2)8-10-17/h3-6,14H,7-11H2,1-2H3,(H2,19,21). The van der Waals surface area contributed by atoms with Crippen LogP contribution in [0.2, 0.25) is 0 Å². The number of amidine groups is 1. The zero-order valence-corrected chi connectivity index (χ0v) is 13.3. The number of fused-ring (bicyclic) bond motifs is 3. The normalized spacial score (nSPS) is 36.5. The number of hydrogen-bond donors (Lipinski definition) is 1. The van der Waals surface area contributed by atoms with Gasteiger partial charge in [-0.2, -0.15) is 0 Å². The van der Waals surface area contributed by atoms with Crippen molar-refractivity contribution in [1.29, 1.82) is 0 Å². The average Bonchev–Trinajstić information content (AvgIpc) is 2.97. The van der Waals surface area contributed by atoms with Gasteiger partial charge in [0.05, 0.1) is 11.8 Å². The summed E-state index contributed by atoms with van der Waals surface area (Å²) in [6.45, 7) is 1.98. The molecule has 22 heavy (non-hydrogen) atoms. The predicted octanol–water partition coefficient (Wildman–Crippen LogP) is 2.80. The molecule has 1 atom stereocenters. The molecule has 1 aliphatic heterocycles. The quantitative estimate of drug-likeness (QED) is 0.866. The Labute approximate surface area is 131 Å². The van der Waals surface area contributed by atoms with Crippen LogP contribution < -0.4 is 5.73 Å². The van der Waals surface area contributed by atoms with Gasteiger partial charge < -0.3 is 10.5 Å². The van der Waals surface area contributed by atoms with Crippen LogP contribution in [0, 0.1) is 5.41 Å². The highest BCUT2D eigenvalue weighted by atomic mass is 16.5. The van der Waals surface area contributed by atoms with Gasteiger partial charge in [-0.3, -0.25) is 4.99 Å². The highest BCUT2D eigenvalue weighted by Gasteiger charge is 2.60. The van der Waals surface area contributed by atoms with Gasteiger partial charge in [0.2, 0.25) is 0 Å². The lowest BCUT2D eigenvalue weighted by atomic mass is 9.65. The van der Waals surface area contributed by atoms with Crippen LogP contribution in [-0.2, 0) is 16.8 Å². The monoisotopic (exact) mass is 297 g/mol. The molecule has 1 unspecified atom stereocenters. The number of aliphatic imine (C=N–C) groups is 2. The van der Waals surface area contributed by atoms with Crippen molar-refractivity contribution in [1.82, 2.24) is 0 Å². The molecule has 0 amide bonds. The lowest BCUT2D eigenvalue weighted by Gasteiger charge is -2.44. The maximum absolute atomic E-state index is 6.13. The number of ether oxygens (including phenoxy) is 1. The van der Waals surface area contributed by atoms with E-state index < -0.39 is 5.66 Å². The van der Waals surface area contributed by atoms with E-state index in [4.69, 9.17) is 20.5 Å². The highest BCUT2D eigenvalue weighted by molar-refractivity contribution is 6.41. The maximum atomic E-state index is 6.13. The van der Waals surface area contributed by atoms with E-state index in [9.17, 15) is 0 Å². The summed E-state index contributed by atoms with van der Waals surface area (Å²) in [4.78, 5) is 9.94. The van der Waals surface area contributed by atoms with Gasteiger partial charge in [-0.1, -0.05) is 24.3 Å². The van der Waals surface area contributed by atoms with Crippen LogP contribution in [0.1, 0.15) is 43.7 Å². The fourth-order valence-corrected chi connectivity index (χ4v) is 4.63. The summed E-state index contributed by atoms with van der Waals surface area (Å²) in [6.07, 6.45) is 5.76. The van der Waals surface area contributed by atoms with E-state index >= 15 is 0 Å². The van der Waals surface area contributed by atoms with E-state index in [1.165, 1.54) is 11.1 Å². The molecule has 1 aromatic rings. The van der Waals surface area contributed by atoms with Crippen LogP contribution in [-0.4, -0.2) is 24.8 Å². The minimum atomic E-state index is -0.490. The van der Waals surface area contributed by atoms with Crippen molar-refractivity contribution < 1.29 is 4.74 Å². The number of methoxy groups -OCH3 is 1. The topological polar surface area (TPSA) is 60.0 Å². The summed E-state index contributed by atoms with van der Waals surface area (Å²) in [6, 6.07) is 8.62. The molecule has 0 bridgehead atoms. The molecule has 3 aliphatic rings. The molecule has 0 aromatic heterocycles. The fourth-order valence-electron chi connectivity index (χ4n) is 4.63. The van der Waals surface area contributed by atoms with E-state index in [2.05, 4.69) is 24.3 Å². The first-order valence-electron chi connectivity index (χ1n) is 8.14. The Hall–Kier alpha value is -1.68. The molecule has 1 fully saturated rings. The number of nitrogens with zero attached hydrogens (tertiary/aromatic N) is 2. The number of hydrogen-bond acceptors (Lipinski definition) is 4. The Morgan fingerprint density at radius 3 is 2.55 bits per heavy atom. The van der Waals surface area contributed by atoms with Crippen molar-refractivity contribution in [2.75, 3.05) is 7.11 Å². The first-order valence-corrected chi connectivity index (χ1v) is 8.14. The molecule has 1 aromatic carbocycles. The van der Waals surface area contributed by atoms with E-state index in [1.807, 2.05) is 14.0 Å². The van der Waals surface area contributed by atoms with Gasteiger partial charge in [0, 0.05) is 18.1 Å². The number of nitrogens with two attached hydrogens (primary N) is 1. The lowest BCUT2D eigenvalue weighted by Crippen LogP contribution is -2.43. The fraction of sp³-hybridized carbons (Fsp3) is 0.556. The predicted molar refractivity (Wildman–Crippen MR) is 88.3 cm³/mol. The second-order valence-electron chi connectivity index (χ2n) is 6.92. The molecule has 0 radical (unpaired) electrons. The molecule has 1 saturated carbocycles. The summed E-state index contributed by atoms with van der Waals surface area (Å²) >= 11 is 0. The Morgan fingerprint density at radius 1 is 1.18 bits per heavy atom. The van der Waals surface area contributed by atoms with Gasteiger partial charge in [0.1, 0.15) is 5.84 Å². The zero-order chi connectivity index (χ0) is 15.4. The number of benzene rings is 1. The Kier molecular flexibility index (Phi) is 2.95. The molecule has 1 heterocycles. The van der Waals surface area contributed by atoms with E-state index in [0.717, 1.165) is 37.8 Å². The van der Waals surface area contributed by atoms with Crippen molar-refractivity contribution in [3.8, 4) is 0 Å². The minimum absolute atomic E-state index is 0.0636. The third-order valence-electron chi connectivity index (χ3n) is 5.87. The van der Waals surface area contributed by atoms with Crippen molar-refractivity contribution in [3.05, 3.63) is 35.4 Å². The third-order valence-corrected chi connectivity index (χ3v) is 5.87. The summed E-state index contributed by atoms with van der Waals surface area (Å²) < 4.78 is 5.57. The van der Waals surface area contributed by atoms with Crippen LogP contribution in [0.3, 0.4) is 0 Å². The lowest BCUT2D eigenvalue weighted by molar-refractivity contribution is -0.000376. The smallest absolute Gasteiger partial charge is 0.184 e. The van der Waals surface area contributed by atoms with Gasteiger partial charge in [-0.05, 0) is 44.6 Å². The Morgan fingerprint density at radius 2 is 1.91 bits per heavy atom. The van der Waals surface area contributed by atoms with E-state index in [1.54, 1.807) is 0 Å². The van der Waals surface area contributed by atoms with Crippen molar-refractivity contribution in [3.63, 3.8) is 0 Å². The van der Waals surface area contributed by atoms with Crippen molar-refractivity contribution in [2.45, 2.75) is 50.8 Å². The van der Waals surface area contributed by atoms with Gasteiger partial charge >= 0.3 is 0 Å². The SMILES string of the molecule is COC1CCC2(CC1)Cc1ccccc1C21N=C(C)C(N)=N1. The molecule has 2 N–H and O–H groups in total. The Bertz CT molecular complexity index is 651. The van der Waals surface area contributed by atoms with Crippen LogP contribution in [0.5, 0.6) is 0 Å². The third kappa shape index (κ3) is 1.67. The van der Waals surface area contributed by atoms with E-state index in [0.29, 0.717) is 11.9 Å². The Balaban J connectivity index is 1.84. The second-order valence-corrected chi connectivity index (χ2v) is 6.92. The molecule has 4 rings (SSSR count). The largest absolute Gasteiger partial charge is 0.382 e. The van der Waals surface area contributed by atoms with Gasteiger partial charge in [0.25, 0.3) is 0 Å². The number of rotatable bonds is 1. The highest BCUT2D eigenvalue weighted by Crippen LogP contribution is 2.61. The molecule has 2 spiro atoms. The molecular formula is C18H23N3O. The first kappa shape index (κ1) is 13.9. The summed E-state index contributed by atoms with van der Waals surface area (Å²) in [5, 5.41) is 0. The summed E-state index contributed by atoms with van der Waals surface area (Å²) in [7, 11) is 1.82. The molecule has 4 nitrogen and oxygen atoms in total. The van der Waals surface area contributed by atoms with Gasteiger partial charge in [0.15, 0.2) is 5.66 Å². The zero-order valence-electron chi connectivity index (χ0n) is 13.3. The van der Waals surface area contributed by atoms with Crippen LogP contribution in [0.4, 0.5) is 0 Å². The maximum Gasteiger partial charge on any atom is 0.184 e. The van der Waals surface area contributed by atoms with Crippen LogP contribution >= 0.6 is 0 Å². The molecular weight excluding hydrogens is 274 g/mol. The second kappa shape index (κ2) is 4.66. The van der Waals surface area contributed by atoms with Crippen molar-refractivity contribution >= 4 is 11.5 Å². The van der Waals surface area contributed by atoms with Gasteiger partial charge in [-0.25, -0.2) is 4.99 Å². The summed E-state index contributed by atoms with van der Waals surface area (Å²) in [5.74, 6) is 0.602. The first-order chi connectivity index (χ1) is 10.6. The molecule has 116 valence electrons. The van der Waals surface area contributed by atoms with E-state index in [-0.39, 0.29) is 5.41 Å². The van der Waals surface area contributed by atoms with Crippen LogP contribution in [0.15, 0.2) is 34.3 Å².